The molecule has 0 fully saturated rings. The number of aryl methyl sites for hydroxylation is 1. The van der Waals surface area contributed by atoms with Gasteiger partial charge in [-0.2, -0.15) is 0 Å². The van der Waals surface area contributed by atoms with Gasteiger partial charge >= 0.3 is 0 Å². The van der Waals surface area contributed by atoms with E-state index in [1.807, 2.05) is 0 Å². The normalized spacial score (nSPS) is 9.57. The van der Waals surface area contributed by atoms with Gasteiger partial charge in [-0.05, 0) is 48.9 Å². The molecule has 3 N–H and O–H groups in total. The fourth-order valence-electron chi connectivity index (χ4n) is 2.15. The zero-order valence-electron chi connectivity index (χ0n) is 15.1. The molecule has 1 rings (SSSR count). The predicted molar refractivity (Wildman–Crippen MR) is 96.0 cm³/mol. The summed E-state index contributed by atoms with van der Waals surface area (Å²) >= 11 is 0. The lowest BCUT2D eigenvalue weighted by Gasteiger charge is -2.16. The monoisotopic (exact) mass is 295 g/mol. The SMILES string of the molecule is CCC.CCCc1cccc(C(C)C)c1CCN.CCO. The standard InChI is InChI=1S/C14H23N.C3H8.C2H6O/c1-4-6-12-7-5-8-13(11(2)3)14(12)9-10-15;1-3-2;1-2-3/h5,7-8,11H,4,6,9-10,15H2,1-3H3;3H2,1-2H3;3H,2H2,1H3. The van der Waals surface area contributed by atoms with Gasteiger partial charge in [-0.3, -0.25) is 0 Å². The molecule has 2 nitrogen and oxygen atoms in total. The molecule has 0 aliphatic carbocycles. The number of hydrogen-bond acceptors (Lipinski definition) is 2. The first kappa shape index (κ1) is 22.4. The summed E-state index contributed by atoms with van der Waals surface area (Å²) in [6.07, 6.45) is 4.65. The fraction of sp³-hybridized carbons (Fsp3) is 0.684. The van der Waals surface area contributed by atoms with Crippen molar-refractivity contribution in [2.75, 3.05) is 13.2 Å². The van der Waals surface area contributed by atoms with Crippen molar-refractivity contribution in [3.63, 3.8) is 0 Å². The van der Waals surface area contributed by atoms with Gasteiger partial charge < -0.3 is 10.8 Å². The van der Waals surface area contributed by atoms with Crippen LogP contribution in [0.15, 0.2) is 18.2 Å². The highest BCUT2D eigenvalue weighted by Gasteiger charge is 2.09. The zero-order valence-corrected chi connectivity index (χ0v) is 15.1. The fourth-order valence-corrected chi connectivity index (χ4v) is 2.15. The molecule has 0 saturated heterocycles. The quantitative estimate of drug-likeness (QED) is 0.828. The lowest BCUT2D eigenvalue weighted by molar-refractivity contribution is 0.318. The molecule has 0 radical (unpaired) electrons. The third-order valence-electron chi connectivity index (χ3n) is 2.84. The first-order valence-corrected chi connectivity index (χ1v) is 8.45. The molecule has 0 aliphatic heterocycles. The second kappa shape index (κ2) is 15.5. The Balaban J connectivity index is 0. The smallest absolute Gasteiger partial charge is 0.0402 e. The molecule has 0 heterocycles. The molecule has 21 heavy (non-hydrogen) atoms. The van der Waals surface area contributed by atoms with Gasteiger partial charge in [-0.25, -0.2) is 0 Å². The Morgan fingerprint density at radius 2 is 1.57 bits per heavy atom. The summed E-state index contributed by atoms with van der Waals surface area (Å²) < 4.78 is 0. The lowest BCUT2D eigenvalue weighted by atomic mass is 9.90. The van der Waals surface area contributed by atoms with Crippen LogP contribution >= 0.6 is 0 Å². The topological polar surface area (TPSA) is 46.2 Å². The average molecular weight is 296 g/mol. The van der Waals surface area contributed by atoms with Crippen molar-refractivity contribution in [2.24, 2.45) is 5.73 Å². The Hall–Kier alpha value is -0.860. The second-order valence-electron chi connectivity index (χ2n) is 5.45. The molecule has 0 amide bonds. The van der Waals surface area contributed by atoms with Gasteiger partial charge in [0, 0.05) is 6.61 Å². The summed E-state index contributed by atoms with van der Waals surface area (Å²) in [7, 11) is 0. The maximum Gasteiger partial charge on any atom is 0.0402 e. The largest absolute Gasteiger partial charge is 0.397 e. The van der Waals surface area contributed by atoms with Crippen molar-refractivity contribution in [1.82, 2.24) is 0 Å². The molecule has 0 aliphatic rings. The van der Waals surface area contributed by atoms with E-state index in [9.17, 15) is 0 Å². The van der Waals surface area contributed by atoms with E-state index < -0.39 is 0 Å². The van der Waals surface area contributed by atoms with Crippen LogP contribution in [0.25, 0.3) is 0 Å². The van der Waals surface area contributed by atoms with Crippen LogP contribution in [0.2, 0.25) is 0 Å². The van der Waals surface area contributed by atoms with E-state index in [-0.39, 0.29) is 6.61 Å². The third kappa shape index (κ3) is 10.5. The van der Waals surface area contributed by atoms with E-state index in [1.54, 1.807) is 6.92 Å². The van der Waals surface area contributed by atoms with Crippen molar-refractivity contribution in [3.05, 3.63) is 34.9 Å². The molecular formula is C19H37NO. The Kier molecular flexibility index (Phi) is 16.6. The lowest BCUT2D eigenvalue weighted by Crippen LogP contribution is -2.09. The number of hydrogen-bond donors (Lipinski definition) is 2. The highest BCUT2D eigenvalue weighted by atomic mass is 16.2. The van der Waals surface area contributed by atoms with E-state index in [0.717, 1.165) is 13.0 Å². The summed E-state index contributed by atoms with van der Waals surface area (Å²) in [4.78, 5) is 0. The van der Waals surface area contributed by atoms with Crippen LogP contribution in [0.5, 0.6) is 0 Å². The Morgan fingerprint density at radius 3 is 1.95 bits per heavy atom. The summed E-state index contributed by atoms with van der Waals surface area (Å²) in [6.45, 7) is 13.7. The van der Waals surface area contributed by atoms with E-state index in [0.29, 0.717) is 5.92 Å². The van der Waals surface area contributed by atoms with Crippen molar-refractivity contribution in [3.8, 4) is 0 Å². The predicted octanol–water partition coefficient (Wildman–Crippen LogP) is 4.68. The summed E-state index contributed by atoms with van der Waals surface area (Å²) in [5, 5.41) is 7.57. The molecule has 0 atom stereocenters. The van der Waals surface area contributed by atoms with E-state index >= 15 is 0 Å². The van der Waals surface area contributed by atoms with Crippen LogP contribution in [0.4, 0.5) is 0 Å². The molecule has 2 heteroatoms. The van der Waals surface area contributed by atoms with Crippen LogP contribution in [-0.4, -0.2) is 18.3 Å². The van der Waals surface area contributed by atoms with Crippen molar-refractivity contribution >= 4 is 0 Å². The Morgan fingerprint density at radius 1 is 1.05 bits per heavy atom. The average Bonchev–Trinajstić information content (AvgIpc) is 2.42. The summed E-state index contributed by atoms with van der Waals surface area (Å²) in [5.74, 6) is 0.600. The second-order valence-corrected chi connectivity index (χ2v) is 5.45. The van der Waals surface area contributed by atoms with Crippen molar-refractivity contribution in [2.45, 2.75) is 73.1 Å². The van der Waals surface area contributed by atoms with Gasteiger partial charge in [0.05, 0.1) is 0 Å². The number of benzene rings is 1. The molecule has 124 valence electrons. The van der Waals surface area contributed by atoms with Crippen LogP contribution in [0.3, 0.4) is 0 Å². The first-order chi connectivity index (χ1) is 10.0. The van der Waals surface area contributed by atoms with Gasteiger partial charge in [0.1, 0.15) is 0 Å². The van der Waals surface area contributed by atoms with Gasteiger partial charge in [0.15, 0.2) is 0 Å². The molecule has 0 unspecified atom stereocenters. The van der Waals surface area contributed by atoms with Gasteiger partial charge in [0.25, 0.3) is 0 Å². The Bertz CT molecular complexity index is 332. The van der Waals surface area contributed by atoms with Crippen LogP contribution in [0.1, 0.15) is 77.0 Å². The molecule has 0 aromatic heterocycles. The Labute approximate surface area is 132 Å². The minimum absolute atomic E-state index is 0.250. The van der Waals surface area contributed by atoms with Crippen LogP contribution in [0, 0.1) is 0 Å². The van der Waals surface area contributed by atoms with Crippen LogP contribution < -0.4 is 5.73 Å². The summed E-state index contributed by atoms with van der Waals surface area (Å²) in [6, 6.07) is 6.68. The number of nitrogens with two attached hydrogens (primary N) is 1. The minimum Gasteiger partial charge on any atom is -0.397 e. The molecule has 1 aromatic carbocycles. The number of aliphatic hydroxyl groups excluding tert-OH is 1. The van der Waals surface area contributed by atoms with E-state index in [1.165, 1.54) is 36.0 Å². The van der Waals surface area contributed by atoms with E-state index in [2.05, 4.69) is 52.8 Å². The minimum atomic E-state index is 0.250. The zero-order chi connectivity index (χ0) is 16.7. The first-order valence-electron chi connectivity index (χ1n) is 8.45. The highest BCUT2D eigenvalue weighted by molar-refractivity contribution is 5.37. The number of aliphatic hydroxyl groups is 1. The maximum absolute atomic E-state index is 7.57. The molecule has 0 bridgehead atoms. The van der Waals surface area contributed by atoms with E-state index in [4.69, 9.17) is 10.8 Å². The highest BCUT2D eigenvalue weighted by Crippen LogP contribution is 2.24. The third-order valence-corrected chi connectivity index (χ3v) is 2.84. The van der Waals surface area contributed by atoms with Crippen LogP contribution in [-0.2, 0) is 12.8 Å². The van der Waals surface area contributed by atoms with Gasteiger partial charge in [0.2, 0.25) is 0 Å². The molecule has 0 spiro atoms. The number of rotatable bonds is 5. The van der Waals surface area contributed by atoms with Crippen molar-refractivity contribution in [1.29, 1.82) is 0 Å². The maximum atomic E-state index is 7.57. The molecular weight excluding hydrogens is 258 g/mol. The van der Waals surface area contributed by atoms with Crippen molar-refractivity contribution < 1.29 is 5.11 Å². The van der Waals surface area contributed by atoms with Gasteiger partial charge in [-0.15, -0.1) is 0 Å². The molecule has 1 aromatic rings. The van der Waals surface area contributed by atoms with Gasteiger partial charge in [-0.1, -0.05) is 65.7 Å². The summed E-state index contributed by atoms with van der Waals surface area (Å²) in [5.41, 5.74) is 10.2. The molecule has 0 saturated carbocycles.